The number of aromatic nitrogens is 5. The fraction of sp³-hybridized carbons (Fsp3) is 0.261. The average molecular weight is 468 g/mol. The number of hydrogen-bond donors (Lipinski definition) is 2. The molecule has 0 bridgehead atoms. The van der Waals surface area contributed by atoms with Crippen LogP contribution in [-0.4, -0.2) is 37.5 Å². The number of alkyl halides is 2. The summed E-state index contributed by atoms with van der Waals surface area (Å²) in [5.74, 6) is -0.373. The molecule has 0 fully saturated rings. The maximum absolute atomic E-state index is 13.4. The number of aromatic amines is 1. The molecule has 0 radical (unpaired) electrons. The van der Waals surface area contributed by atoms with Gasteiger partial charge in [-0.3, -0.25) is 14.2 Å². The van der Waals surface area contributed by atoms with Crippen molar-refractivity contribution < 1.29 is 18.3 Å². The Morgan fingerprint density at radius 2 is 2.06 bits per heavy atom. The number of methoxy groups -OCH3 is 1. The Hall–Kier alpha value is -3.99. The second-order valence-corrected chi connectivity index (χ2v) is 7.53. The Morgan fingerprint density at radius 1 is 1.24 bits per heavy atom. The highest BCUT2D eigenvalue weighted by Gasteiger charge is 2.21. The molecule has 34 heavy (non-hydrogen) atoms. The molecule has 4 aromatic rings. The summed E-state index contributed by atoms with van der Waals surface area (Å²) >= 11 is 0. The highest BCUT2D eigenvalue weighted by molar-refractivity contribution is 6.03. The van der Waals surface area contributed by atoms with E-state index in [1.165, 1.54) is 6.20 Å². The van der Waals surface area contributed by atoms with Crippen molar-refractivity contribution in [2.24, 2.45) is 0 Å². The van der Waals surface area contributed by atoms with E-state index < -0.39 is 17.8 Å². The number of anilines is 1. The number of hydrogen-bond acceptors (Lipinski definition) is 6. The van der Waals surface area contributed by atoms with Crippen LogP contribution >= 0.6 is 0 Å². The van der Waals surface area contributed by atoms with E-state index in [0.29, 0.717) is 30.0 Å². The number of H-pyrrole nitrogens is 1. The van der Waals surface area contributed by atoms with E-state index in [0.717, 1.165) is 10.1 Å². The predicted molar refractivity (Wildman–Crippen MR) is 122 cm³/mol. The molecule has 0 saturated heterocycles. The Kier molecular flexibility index (Phi) is 6.73. The van der Waals surface area contributed by atoms with Gasteiger partial charge < -0.3 is 15.0 Å². The topological polar surface area (TPSA) is 115 Å². The Labute approximate surface area is 192 Å². The second-order valence-electron chi connectivity index (χ2n) is 7.53. The van der Waals surface area contributed by atoms with Crippen molar-refractivity contribution in [1.82, 2.24) is 24.5 Å². The number of carbonyl (C=O) groups is 1. The third kappa shape index (κ3) is 4.69. The molecule has 2 N–H and O–H groups in total. The van der Waals surface area contributed by atoms with Gasteiger partial charge in [-0.1, -0.05) is 19.1 Å². The zero-order chi connectivity index (χ0) is 24.2. The standard InChI is InChI=1S/C23H22F2N6O3/c1-3-9-31-21(18(24)25)30-20-17(23(31)33)28-19(29-20)15-7-8-16(26-11-15)27-22(32)14-6-4-5-13(10-14)12-34-2/h4-8,10-11,18H,3,9,12H2,1-2H3,(H,28,29)(H,26,27,32). The van der Waals surface area contributed by atoms with Gasteiger partial charge in [0.2, 0.25) is 0 Å². The van der Waals surface area contributed by atoms with E-state index in [-0.39, 0.29) is 29.4 Å². The number of nitrogens with zero attached hydrogens (tertiary/aromatic N) is 4. The molecule has 0 aliphatic heterocycles. The molecule has 0 aliphatic carbocycles. The predicted octanol–water partition coefficient (Wildman–Crippen LogP) is 3.93. The van der Waals surface area contributed by atoms with Crippen LogP contribution in [0.1, 0.15) is 41.5 Å². The quantitative estimate of drug-likeness (QED) is 0.405. The van der Waals surface area contributed by atoms with Gasteiger partial charge in [0.25, 0.3) is 17.9 Å². The molecule has 0 atom stereocenters. The van der Waals surface area contributed by atoms with E-state index in [4.69, 9.17) is 4.74 Å². The van der Waals surface area contributed by atoms with E-state index in [1.807, 2.05) is 6.07 Å². The molecule has 1 aromatic carbocycles. The van der Waals surface area contributed by atoms with Crippen molar-refractivity contribution in [3.05, 3.63) is 69.9 Å². The van der Waals surface area contributed by atoms with E-state index in [9.17, 15) is 18.4 Å². The molecule has 3 aromatic heterocycles. The number of carbonyl (C=O) groups excluding carboxylic acids is 1. The normalized spacial score (nSPS) is 11.3. The molecule has 0 spiro atoms. The average Bonchev–Trinajstić information content (AvgIpc) is 3.26. The Morgan fingerprint density at radius 3 is 2.74 bits per heavy atom. The molecule has 0 unspecified atom stereocenters. The number of nitrogens with one attached hydrogen (secondary N) is 2. The van der Waals surface area contributed by atoms with Crippen LogP contribution in [0.15, 0.2) is 47.4 Å². The van der Waals surface area contributed by atoms with Gasteiger partial charge in [-0.15, -0.1) is 0 Å². The largest absolute Gasteiger partial charge is 0.380 e. The molecule has 9 nitrogen and oxygen atoms in total. The summed E-state index contributed by atoms with van der Waals surface area (Å²) in [6, 6.07) is 10.3. The first-order valence-electron chi connectivity index (χ1n) is 10.6. The summed E-state index contributed by atoms with van der Waals surface area (Å²) in [7, 11) is 1.58. The molecular formula is C23H22F2N6O3. The first kappa shape index (κ1) is 23.2. The SMILES string of the molecule is CCCn1c(C(F)F)nc2nc(-c3ccc(NC(=O)c4cccc(COC)c4)nc3)[nH]c2c1=O. The smallest absolute Gasteiger partial charge is 0.295 e. The summed E-state index contributed by atoms with van der Waals surface area (Å²) in [5.41, 5.74) is 1.18. The molecule has 4 rings (SSSR count). The Balaban J connectivity index is 1.58. The van der Waals surface area contributed by atoms with Gasteiger partial charge >= 0.3 is 0 Å². The van der Waals surface area contributed by atoms with Crippen molar-refractivity contribution in [3.63, 3.8) is 0 Å². The molecule has 11 heteroatoms. The van der Waals surface area contributed by atoms with Crippen molar-refractivity contribution >= 4 is 22.9 Å². The fourth-order valence-electron chi connectivity index (χ4n) is 3.51. The Bertz CT molecular complexity index is 1380. The minimum Gasteiger partial charge on any atom is -0.380 e. The maximum atomic E-state index is 13.4. The first-order chi connectivity index (χ1) is 16.4. The van der Waals surface area contributed by atoms with Crippen LogP contribution in [0.5, 0.6) is 0 Å². The van der Waals surface area contributed by atoms with Crippen molar-refractivity contribution in [1.29, 1.82) is 0 Å². The van der Waals surface area contributed by atoms with Crippen molar-refractivity contribution in [3.8, 4) is 11.4 Å². The van der Waals surface area contributed by atoms with Gasteiger partial charge in [0.15, 0.2) is 17.0 Å². The van der Waals surface area contributed by atoms with Gasteiger partial charge in [-0.25, -0.2) is 23.7 Å². The lowest BCUT2D eigenvalue weighted by molar-refractivity contribution is 0.102. The number of imidazole rings is 1. The number of fused-ring (bicyclic) bond motifs is 1. The second kappa shape index (κ2) is 9.87. The minimum atomic E-state index is -2.90. The maximum Gasteiger partial charge on any atom is 0.295 e. The number of benzene rings is 1. The summed E-state index contributed by atoms with van der Waals surface area (Å²) in [6.45, 7) is 2.30. The van der Waals surface area contributed by atoms with Crippen LogP contribution in [0, 0.1) is 0 Å². The number of rotatable bonds is 8. The van der Waals surface area contributed by atoms with Gasteiger partial charge in [0, 0.05) is 31.0 Å². The monoisotopic (exact) mass is 468 g/mol. The van der Waals surface area contributed by atoms with E-state index in [2.05, 4.69) is 25.3 Å². The lowest BCUT2D eigenvalue weighted by Crippen LogP contribution is -2.25. The van der Waals surface area contributed by atoms with Crippen molar-refractivity contribution in [2.75, 3.05) is 12.4 Å². The number of pyridine rings is 1. The fourth-order valence-corrected chi connectivity index (χ4v) is 3.51. The summed E-state index contributed by atoms with van der Waals surface area (Å²) in [6.07, 6.45) is -0.946. The van der Waals surface area contributed by atoms with Crippen LogP contribution in [0.25, 0.3) is 22.6 Å². The van der Waals surface area contributed by atoms with Gasteiger partial charge in [0.05, 0.1) is 6.61 Å². The van der Waals surface area contributed by atoms with Crippen LogP contribution in [0.2, 0.25) is 0 Å². The summed E-state index contributed by atoms with van der Waals surface area (Å²) in [5, 5.41) is 2.71. The van der Waals surface area contributed by atoms with Crippen LogP contribution in [-0.2, 0) is 17.9 Å². The zero-order valence-electron chi connectivity index (χ0n) is 18.5. The molecule has 0 aliphatic rings. The summed E-state index contributed by atoms with van der Waals surface area (Å²) < 4.78 is 32.9. The first-order valence-corrected chi connectivity index (χ1v) is 10.6. The lowest BCUT2D eigenvalue weighted by Gasteiger charge is -2.09. The number of amides is 1. The third-order valence-electron chi connectivity index (χ3n) is 5.06. The minimum absolute atomic E-state index is 0.0427. The molecular weight excluding hydrogens is 446 g/mol. The van der Waals surface area contributed by atoms with Crippen molar-refractivity contribution in [2.45, 2.75) is 32.9 Å². The molecule has 1 amide bonds. The van der Waals surface area contributed by atoms with Crippen LogP contribution < -0.4 is 10.9 Å². The van der Waals surface area contributed by atoms with Gasteiger partial charge in [-0.05, 0) is 36.2 Å². The highest BCUT2D eigenvalue weighted by atomic mass is 19.3. The van der Waals surface area contributed by atoms with Crippen LogP contribution in [0.4, 0.5) is 14.6 Å². The van der Waals surface area contributed by atoms with Crippen LogP contribution in [0.3, 0.4) is 0 Å². The lowest BCUT2D eigenvalue weighted by atomic mass is 10.1. The molecule has 176 valence electrons. The highest BCUT2D eigenvalue weighted by Crippen LogP contribution is 2.22. The number of ether oxygens (including phenoxy) is 1. The van der Waals surface area contributed by atoms with Gasteiger partial charge in [0.1, 0.15) is 11.6 Å². The van der Waals surface area contributed by atoms with E-state index >= 15 is 0 Å². The third-order valence-corrected chi connectivity index (χ3v) is 5.06. The van der Waals surface area contributed by atoms with E-state index in [1.54, 1.807) is 44.4 Å². The number of halogens is 2. The summed E-state index contributed by atoms with van der Waals surface area (Å²) in [4.78, 5) is 40.4. The zero-order valence-corrected chi connectivity index (χ0v) is 18.5. The molecule has 0 saturated carbocycles. The van der Waals surface area contributed by atoms with Gasteiger partial charge in [-0.2, -0.15) is 0 Å². The molecule has 3 heterocycles.